The van der Waals surface area contributed by atoms with Gasteiger partial charge in [0.05, 0.1) is 23.2 Å². The molecule has 5 nitrogen and oxygen atoms in total. The first-order valence-corrected chi connectivity index (χ1v) is 8.80. The van der Waals surface area contributed by atoms with Gasteiger partial charge in [-0.3, -0.25) is 10.1 Å². The number of rotatable bonds is 4. The van der Waals surface area contributed by atoms with Crippen LogP contribution in [0, 0.1) is 11.3 Å². The number of hydrogen-bond acceptors (Lipinski definition) is 5. The van der Waals surface area contributed by atoms with Crippen LogP contribution >= 0.6 is 11.3 Å². The standard InChI is InChI=1S/C20H13N5S/c21-11-16(20-24-18(13-26-20)14-6-8-22-9-7-14)10-17-12-23-25-19(17)15-4-2-1-3-5-15/h1-10,12-13H,(H,23,25)/b16-10-. The molecule has 0 aliphatic rings. The second kappa shape index (κ2) is 7.13. The molecule has 0 aliphatic heterocycles. The Hall–Kier alpha value is -3.56. The number of nitrogens with one attached hydrogen (secondary N) is 1. The number of aromatic nitrogens is 4. The minimum Gasteiger partial charge on any atom is -0.277 e. The Labute approximate surface area is 154 Å². The zero-order valence-corrected chi connectivity index (χ0v) is 14.4. The summed E-state index contributed by atoms with van der Waals surface area (Å²) in [6.45, 7) is 0. The molecule has 0 fully saturated rings. The Morgan fingerprint density at radius 3 is 2.65 bits per heavy atom. The number of aromatic amines is 1. The molecule has 6 heteroatoms. The molecule has 0 spiro atoms. The van der Waals surface area contributed by atoms with E-state index in [9.17, 15) is 5.26 Å². The zero-order chi connectivity index (χ0) is 17.8. The molecule has 0 radical (unpaired) electrons. The Balaban J connectivity index is 1.71. The van der Waals surface area contributed by atoms with Gasteiger partial charge in [-0.2, -0.15) is 10.4 Å². The van der Waals surface area contributed by atoms with Gasteiger partial charge in [0.25, 0.3) is 0 Å². The summed E-state index contributed by atoms with van der Waals surface area (Å²) in [6.07, 6.45) is 7.00. The van der Waals surface area contributed by atoms with E-state index in [1.807, 2.05) is 53.9 Å². The first-order valence-electron chi connectivity index (χ1n) is 7.92. The first-order chi connectivity index (χ1) is 12.8. The van der Waals surface area contributed by atoms with Crippen LogP contribution in [0.2, 0.25) is 0 Å². The minimum atomic E-state index is 0.508. The number of pyridine rings is 1. The molecular formula is C20H13N5S. The van der Waals surface area contributed by atoms with Crippen molar-refractivity contribution in [2.45, 2.75) is 0 Å². The summed E-state index contributed by atoms with van der Waals surface area (Å²) in [5.41, 5.74) is 5.08. The highest BCUT2D eigenvalue weighted by molar-refractivity contribution is 7.11. The number of nitrogens with zero attached hydrogens (tertiary/aromatic N) is 4. The molecule has 1 aromatic carbocycles. The van der Waals surface area contributed by atoms with Gasteiger partial charge in [-0.05, 0) is 18.2 Å². The van der Waals surface area contributed by atoms with Crippen molar-refractivity contribution in [1.82, 2.24) is 20.2 Å². The molecule has 26 heavy (non-hydrogen) atoms. The van der Waals surface area contributed by atoms with Crippen LogP contribution in [-0.4, -0.2) is 20.2 Å². The van der Waals surface area contributed by atoms with E-state index in [1.165, 1.54) is 11.3 Å². The number of H-pyrrole nitrogens is 1. The molecule has 1 N–H and O–H groups in total. The van der Waals surface area contributed by atoms with Crippen LogP contribution in [0.4, 0.5) is 0 Å². The predicted octanol–water partition coefficient (Wildman–Crippen LogP) is 4.66. The van der Waals surface area contributed by atoms with E-state index >= 15 is 0 Å². The van der Waals surface area contributed by atoms with Gasteiger partial charge in [0.15, 0.2) is 0 Å². The van der Waals surface area contributed by atoms with Gasteiger partial charge < -0.3 is 0 Å². The number of benzene rings is 1. The van der Waals surface area contributed by atoms with Gasteiger partial charge >= 0.3 is 0 Å². The molecule has 0 atom stereocenters. The van der Waals surface area contributed by atoms with Gasteiger partial charge in [0.1, 0.15) is 11.1 Å². The van der Waals surface area contributed by atoms with Gasteiger partial charge in [-0.1, -0.05) is 30.3 Å². The van der Waals surface area contributed by atoms with Crippen molar-refractivity contribution in [1.29, 1.82) is 5.26 Å². The van der Waals surface area contributed by atoms with E-state index in [4.69, 9.17) is 0 Å². The molecule has 0 saturated carbocycles. The summed E-state index contributed by atoms with van der Waals surface area (Å²) in [4.78, 5) is 8.62. The van der Waals surface area contributed by atoms with Crippen molar-refractivity contribution in [3.63, 3.8) is 0 Å². The summed E-state index contributed by atoms with van der Waals surface area (Å²) in [5.74, 6) is 0. The highest BCUT2D eigenvalue weighted by Gasteiger charge is 2.12. The molecular weight excluding hydrogens is 342 g/mol. The third-order valence-corrected chi connectivity index (χ3v) is 4.74. The molecule has 3 heterocycles. The highest BCUT2D eigenvalue weighted by Crippen LogP contribution is 2.29. The van der Waals surface area contributed by atoms with Crippen LogP contribution in [0.15, 0.2) is 66.4 Å². The number of thiazole rings is 1. The van der Waals surface area contributed by atoms with E-state index in [-0.39, 0.29) is 0 Å². The van der Waals surface area contributed by atoms with Crippen LogP contribution in [0.1, 0.15) is 10.6 Å². The average molecular weight is 355 g/mol. The lowest BCUT2D eigenvalue weighted by molar-refractivity contribution is 1.10. The number of hydrogen-bond donors (Lipinski definition) is 1. The third-order valence-electron chi connectivity index (χ3n) is 3.86. The second-order valence-corrected chi connectivity index (χ2v) is 6.37. The van der Waals surface area contributed by atoms with Crippen molar-refractivity contribution in [2.75, 3.05) is 0 Å². The van der Waals surface area contributed by atoms with Crippen molar-refractivity contribution in [3.8, 4) is 28.6 Å². The topological polar surface area (TPSA) is 78.2 Å². The minimum absolute atomic E-state index is 0.508. The van der Waals surface area contributed by atoms with Crippen LogP contribution in [-0.2, 0) is 0 Å². The van der Waals surface area contributed by atoms with Crippen molar-refractivity contribution < 1.29 is 0 Å². The van der Waals surface area contributed by atoms with E-state index in [2.05, 4.69) is 26.2 Å². The maximum atomic E-state index is 9.63. The lowest BCUT2D eigenvalue weighted by Crippen LogP contribution is -1.84. The van der Waals surface area contributed by atoms with Gasteiger partial charge in [0, 0.05) is 34.5 Å². The van der Waals surface area contributed by atoms with E-state index < -0.39 is 0 Å². The van der Waals surface area contributed by atoms with Gasteiger partial charge in [-0.25, -0.2) is 4.98 Å². The van der Waals surface area contributed by atoms with Gasteiger partial charge in [0.2, 0.25) is 0 Å². The van der Waals surface area contributed by atoms with Crippen LogP contribution in [0.3, 0.4) is 0 Å². The fourth-order valence-electron chi connectivity index (χ4n) is 2.59. The maximum Gasteiger partial charge on any atom is 0.134 e. The van der Waals surface area contributed by atoms with Gasteiger partial charge in [-0.15, -0.1) is 11.3 Å². The predicted molar refractivity (Wildman–Crippen MR) is 103 cm³/mol. The lowest BCUT2D eigenvalue weighted by atomic mass is 10.1. The number of nitriles is 1. The summed E-state index contributed by atoms with van der Waals surface area (Å²) in [7, 11) is 0. The normalized spacial score (nSPS) is 11.3. The molecule has 0 amide bonds. The molecule has 0 bridgehead atoms. The Kier molecular flexibility index (Phi) is 4.37. The second-order valence-electron chi connectivity index (χ2n) is 5.51. The first kappa shape index (κ1) is 15.9. The Bertz CT molecular complexity index is 1090. The SMILES string of the molecule is N#C/C(=C/c1cn[nH]c1-c1ccccc1)c1nc(-c2ccncc2)cs1. The maximum absolute atomic E-state index is 9.63. The van der Waals surface area contributed by atoms with E-state index in [0.717, 1.165) is 28.1 Å². The molecule has 0 unspecified atom stereocenters. The van der Waals surface area contributed by atoms with Crippen LogP contribution in [0.25, 0.3) is 34.2 Å². The molecule has 3 aromatic heterocycles. The Morgan fingerprint density at radius 2 is 1.88 bits per heavy atom. The van der Waals surface area contributed by atoms with E-state index in [0.29, 0.717) is 10.6 Å². The third kappa shape index (κ3) is 3.16. The summed E-state index contributed by atoms with van der Waals surface area (Å²) >= 11 is 1.45. The molecule has 0 saturated heterocycles. The smallest absolute Gasteiger partial charge is 0.134 e. The molecule has 0 aliphatic carbocycles. The lowest BCUT2D eigenvalue weighted by Gasteiger charge is -2.00. The monoisotopic (exact) mass is 355 g/mol. The fourth-order valence-corrected chi connectivity index (χ4v) is 3.39. The van der Waals surface area contributed by atoms with E-state index in [1.54, 1.807) is 18.6 Å². The van der Waals surface area contributed by atoms with Crippen LogP contribution < -0.4 is 0 Å². The summed E-state index contributed by atoms with van der Waals surface area (Å²) in [5, 5.41) is 19.4. The van der Waals surface area contributed by atoms with Crippen LogP contribution in [0.5, 0.6) is 0 Å². The molecule has 4 rings (SSSR count). The molecule has 4 aromatic rings. The number of allylic oxidation sites excluding steroid dienone is 1. The molecule has 124 valence electrons. The summed E-state index contributed by atoms with van der Waals surface area (Å²) < 4.78 is 0. The quantitative estimate of drug-likeness (QED) is 0.540. The zero-order valence-electron chi connectivity index (χ0n) is 13.6. The highest BCUT2D eigenvalue weighted by atomic mass is 32.1. The fraction of sp³-hybridized carbons (Fsp3) is 0. The Morgan fingerprint density at radius 1 is 1.08 bits per heavy atom. The largest absolute Gasteiger partial charge is 0.277 e. The van der Waals surface area contributed by atoms with Crippen molar-refractivity contribution in [3.05, 3.63) is 77.0 Å². The van der Waals surface area contributed by atoms with Crippen molar-refractivity contribution in [2.24, 2.45) is 0 Å². The van der Waals surface area contributed by atoms with Crippen molar-refractivity contribution >= 4 is 23.0 Å². The average Bonchev–Trinajstić information content (AvgIpc) is 3.37. The summed E-state index contributed by atoms with van der Waals surface area (Å²) in [6, 6.07) is 16.0.